The molecule has 0 spiro atoms. The first-order valence-corrected chi connectivity index (χ1v) is 7.58. The van der Waals surface area contributed by atoms with Gasteiger partial charge in [0.25, 0.3) is 0 Å². The molecule has 3 atom stereocenters. The topological polar surface area (TPSA) is 36.5 Å². The number of fused-ring (bicyclic) bond motifs is 1. The van der Waals surface area contributed by atoms with Gasteiger partial charge in [-0.05, 0) is 50.2 Å². The van der Waals surface area contributed by atoms with Gasteiger partial charge in [-0.15, -0.1) is 0 Å². The molecule has 3 aliphatic rings. The molecule has 3 aliphatic heterocycles. The molecule has 108 valence electrons. The molecule has 0 aromatic heterocycles. The summed E-state index contributed by atoms with van der Waals surface area (Å²) in [5, 5.41) is 7.68. The Bertz CT molecular complexity index is 486. The summed E-state index contributed by atoms with van der Waals surface area (Å²) in [5.74, 6) is 0.943. The molecule has 3 rings (SSSR count). The van der Waals surface area contributed by atoms with Crippen LogP contribution in [0.15, 0.2) is 36.1 Å². The molecule has 3 fully saturated rings. The van der Waals surface area contributed by atoms with Gasteiger partial charge in [-0.3, -0.25) is 5.32 Å². The van der Waals surface area contributed by atoms with Gasteiger partial charge in [0.1, 0.15) is 12.4 Å². The van der Waals surface area contributed by atoms with E-state index in [-0.39, 0.29) is 0 Å². The van der Waals surface area contributed by atoms with Crippen LogP contribution in [-0.4, -0.2) is 41.4 Å². The minimum absolute atomic E-state index is 0.307. The van der Waals surface area contributed by atoms with Gasteiger partial charge in [-0.1, -0.05) is 18.7 Å². The van der Waals surface area contributed by atoms with Crippen molar-refractivity contribution in [2.45, 2.75) is 38.0 Å². The molecule has 0 aliphatic carbocycles. The number of hydrogen-bond acceptors (Lipinski definition) is 3. The fourth-order valence-electron chi connectivity index (χ4n) is 3.32. The van der Waals surface area contributed by atoms with Crippen LogP contribution in [0.2, 0.25) is 0 Å². The van der Waals surface area contributed by atoms with E-state index in [0.29, 0.717) is 24.9 Å². The Labute approximate surface area is 125 Å². The summed E-state index contributed by atoms with van der Waals surface area (Å²) in [7, 11) is 0. The SMILES string of the molecule is C=C/C=C1/OCC(N2C(=S)NC3NCCC32)C/C1=C/C. The number of hydrogen-bond donors (Lipinski definition) is 2. The van der Waals surface area contributed by atoms with Crippen LogP contribution in [0.3, 0.4) is 0 Å². The number of nitrogens with one attached hydrogen (secondary N) is 2. The Hall–Kier alpha value is -1.33. The summed E-state index contributed by atoms with van der Waals surface area (Å²) in [6.07, 6.45) is 8.25. The van der Waals surface area contributed by atoms with E-state index in [1.165, 1.54) is 5.57 Å². The maximum Gasteiger partial charge on any atom is 0.170 e. The summed E-state index contributed by atoms with van der Waals surface area (Å²) in [6.45, 7) is 7.53. The fourth-order valence-corrected chi connectivity index (χ4v) is 3.74. The molecule has 20 heavy (non-hydrogen) atoms. The van der Waals surface area contributed by atoms with E-state index in [0.717, 1.165) is 30.3 Å². The monoisotopic (exact) mass is 291 g/mol. The van der Waals surface area contributed by atoms with Gasteiger partial charge in [-0.2, -0.15) is 0 Å². The van der Waals surface area contributed by atoms with Crippen molar-refractivity contribution in [2.24, 2.45) is 0 Å². The first-order valence-electron chi connectivity index (χ1n) is 7.18. The average molecular weight is 291 g/mol. The van der Waals surface area contributed by atoms with Crippen LogP contribution in [0.1, 0.15) is 19.8 Å². The summed E-state index contributed by atoms with van der Waals surface area (Å²) < 4.78 is 5.92. The highest BCUT2D eigenvalue weighted by Gasteiger charge is 2.44. The third-order valence-electron chi connectivity index (χ3n) is 4.27. The molecule has 3 unspecified atom stereocenters. The molecule has 0 amide bonds. The standard InChI is InChI=1S/C15H21N3OS/c1-3-5-13-10(4-2)8-11(9-19-13)18-12-6-7-16-14(12)17-15(18)20/h3-5,11-12,14,16H,1,6-9H2,2H3,(H,17,20)/b10-4-,13-5+. The van der Waals surface area contributed by atoms with Crippen LogP contribution in [-0.2, 0) is 4.74 Å². The van der Waals surface area contributed by atoms with Crippen molar-refractivity contribution in [1.82, 2.24) is 15.5 Å². The minimum Gasteiger partial charge on any atom is -0.491 e. The Balaban J connectivity index is 1.77. The van der Waals surface area contributed by atoms with Gasteiger partial charge in [0.2, 0.25) is 0 Å². The summed E-state index contributed by atoms with van der Waals surface area (Å²) >= 11 is 5.50. The lowest BCUT2D eigenvalue weighted by atomic mass is 9.99. The Morgan fingerprint density at radius 2 is 2.35 bits per heavy atom. The normalized spacial score (nSPS) is 37.0. The number of rotatable bonds is 2. The van der Waals surface area contributed by atoms with Gasteiger partial charge in [-0.25, -0.2) is 0 Å². The molecular formula is C15H21N3OS. The second kappa shape index (κ2) is 5.58. The van der Waals surface area contributed by atoms with Crippen molar-refractivity contribution in [3.05, 3.63) is 36.1 Å². The van der Waals surface area contributed by atoms with E-state index in [9.17, 15) is 0 Å². The number of nitrogens with zero attached hydrogens (tertiary/aromatic N) is 1. The van der Waals surface area contributed by atoms with Crippen molar-refractivity contribution in [3.63, 3.8) is 0 Å². The van der Waals surface area contributed by atoms with Crippen molar-refractivity contribution >= 4 is 17.3 Å². The molecule has 0 bridgehead atoms. The Morgan fingerprint density at radius 3 is 3.10 bits per heavy atom. The summed E-state index contributed by atoms with van der Waals surface area (Å²) in [4.78, 5) is 2.34. The lowest BCUT2D eigenvalue weighted by Gasteiger charge is -2.37. The lowest BCUT2D eigenvalue weighted by molar-refractivity contribution is 0.104. The molecular weight excluding hydrogens is 270 g/mol. The van der Waals surface area contributed by atoms with Crippen molar-refractivity contribution in [2.75, 3.05) is 13.2 Å². The Morgan fingerprint density at radius 1 is 1.50 bits per heavy atom. The maximum atomic E-state index is 5.92. The van der Waals surface area contributed by atoms with Crippen molar-refractivity contribution in [1.29, 1.82) is 0 Å². The van der Waals surface area contributed by atoms with E-state index in [2.05, 4.69) is 35.1 Å². The van der Waals surface area contributed by atoms with E-state index >= 15 is 0 Å². The van der Waals surface area contributed by atoms with Gasteiger partial charge >= 0.3 is 0 Å². The molecule has 4 nitrogen and oxygen atoms in total. The zero-order valence-electron chi connectivity index (χ0n) is 11.8. The van der Waals surface area contributed by atoms with Crippen molar-refractivity contribution < 1.29 is 4.74 Å². The zero-order valence-corrected chi connectivity index (χ0v) is 12.6. The highest BCUT2D eigenvalue weighted by molar-refractivity contribution is 7.80. The molecule has 0 aromatic rings. The van der Waals surface area contributed by atoms with Crippen LogP contribution in [0.4, 0.5) is 0 Å². The van der Waals surface area contributed by atoms with E-state index in [4.69, 9.17) is 17.0 Å². The maximum absolute atomic E-state index is 5.92. The van der Waals surface area contributed by atoms with E-state index < -0.39 is 0 Å². The molecule has 3 heterocycles. The van der Waals surface area contributed by atoms with E-state index in [1.807, 2.05) is 6.08 Å². The van der Waals surface area contributed by atoms with Gasteiger partial charge in [0, 0.05) is 0 Å². The predicted octanol–water partition coefficient (Wildman–Crippen LogP) is 1.67. The second-order valence-electron chi connectivity index (χ2n) is 5.39. The van der Waals surface area contributed by atoms with Gasteiger partial charge in [0.15, 0.2) is 5.11 Å². The first-order chi connectivity index (χ1) is 9.74. The number of allylic oxidation sites excluding steroid dienone is 4. The summed E-state index contributed by atoms with van der Waals surface area (Å²) in [5.41, 5.74) is 1.23. The highest BCUT2D eigenvalue weighted by Crippen LogP contribution is 2.31. The largest absolute Gasteiger partial charge is 0.491 e. The molecule has 2 N–H and O–H groups in total. The summed E-state index contributed by atoms with van der Waals surface area (Å²) in [6, 6.07) is 0.775. The number of ether oxygens (including phenoxy) is 1. The fraction of sp³-hybridized carbons (Fsp3) is 0.533. The molecule has 0 aromatic carbocycles. The third kappa shape index (κ3) is 2.25. The lowest BCUT2D eigenvalue weighted by Crippen LogP contribution is -2.47. The zero-order chi connectivity index (χ0) is 14.1. The molecule has 0 saturated carbocycles. The second-order valence-corrected chi connectivity index (χ2v) is 5.78. The van der Waals surface area contributed by atoms with Gasteiger partial charge in [0.05, 0.1) is 18.2 Å². The smallest absolute Gasteiger partial charge is 0.170 e. The Kier molecular flexibility index (Phi) is 3.81. The minimum atomic E-state index is 0.307. The van der Waals surface area contributed by atoms with Crippen molar-refractivity contribution in [3.8, 4) is 0 Å². The quantitative estimate of drug-likeness (QED) is 0.757. The predicted molar refractivity (Wildman–Crippen MR) is 84.2 cm³/mol. The third-order valence-corrected chi connectivity index (χ3v) is 4.60. The van der Waals surface area contributed by atoms with E-state index in [1.54, 1.807) is 6.08 Å². The van der Waals surface area contributed by atoms with Crippen LogP contribution < -0.4 is 10.6 Å². The first kappa shape index (κ1) is 13.6. The molecule has 5 heteroatoms. The van der Waals surface area contributed by atoms with Crippen LogP contribution in [0.25, 0.3) is 0 Å². The van der Waals surface area contributed by atoms with Gasteiger partial charge < -0.3 is 15.0 Å². The molecule has 0 radical (unpaired) electrons. The molecule has 3 saturated heterocycles. The number of thiocarbonyl (C=S) groups is 1. The van der Waals surface area contributed by atoms with Crippen LogP contribution in [0.5, 0.6) is 0 Å². The van der Waals surface area contributed by atoms with Crippen LogP contribution in [0, 0.1) is 0 Å². The van der Waals surface area contributed by atoms with Crippen LogP contribution >= 0.6 is 12.2 Å². The highest BCUT2D eigenvalue weighted by atomic mass is 32.1. The average Bonchev–Trinajstić information content (AvgIpc) is 2.99.